The van der Waals surface area contributed by atoms with Gasteiger partial charge in [-0.05, 0) is 19.1 Å². The first kappa shape index (κ1) is 16.0. The molecule has 1 aromatic rings. The van der Waals surface area contributed by atoms with E-state index in [0.29, 0.717) is 0 Å². The summed E-state index contributed by atoms with van der Waals surface area (Å²) in [4.78, 5) is 16.8. The van der Waals surface area contributed by atoms with Gasteiger partial charge in [-0.1, -0.05) is 0 Å². The number of carbonyl (C=O) groups excluding carboxylic acids is 1. The van der Waals surface area contributed by atoms with E-state index in [4.69, 9.17) is 5.84 Å². The lowest BCUT2D eigenvalue weighted by Gasteiger charge is -2.19. The van der Waals surface area contributed by atoms with Crippen LogP contribution >= 0.6 is 0 Å². The minimum Gasteiger partial charge on any atom is -0.359 e. The molecule has 0 fully saturated rings. The standard InChI is InChI=1S/C11H16F3N5O/c1-6(10(20)19(2)3)16-8-4-7(11(12,13)14)5-9(17-8)18-15/h4-6H,15H2,1-3H3,(H2,16,17,18). The number of likely N-dealkylation sites (N-methyl/N-ethyl adjacent to an activating group) is 1. The van der Waals surface area contributed by atoms with Crippen molar-refractivity contribution in [3.05, 3.63) is 17.7 Å². The quantitative estimate of drug-likeness (QED) is 0.575. The van der Waals surface area contributed by atoms with Gasteiger partial charge in [-0.25, -0.2) is 10.8 Å². The van der Waals surface area contributed by atoms with Gasteiger partial charge in [0.1, 0.15) is 17.7 Å². The fraction of sp³-hybridized carbons (Fsp3) is 0.455. The predicted octanol–water partition coefficient (Wildman–Crippen LogP) is 1.27. The molecule has 1 unspecified atom stereocenters. The second kappa shape index (κ2) is 5.95. The van der Waals surface area contributed by atoms with Crippen LogP contribution in [-0.4, -0.2) is 35.9 Å². The van der Waals surface area contributed by atoms with Crippen LogP contribution in [0.3, 0.4) is 0 Å². The highest BCUT2D eigenvalue weighted by Gasteiger charge is 2.32. The van der Waals surface area contributed by atoms with E-state index < -0.39 is 17.8 Å². The number of hydrogen-bond donors (Lipinski definition) is 3. The summed E-state index contributed by atoms with van der Waals surface area (Å²) in [7, 11) is 3.10. The Hall–Kier alpha value is -2.03. The number of aromatic nitrogens is 1. The summed E-state index contributed by atoms with van der Waals surface area (Å²) in [5.41, 5.74) is 1.15. The molecule has 1 atom stereocenters. The number of hydrogen-bond acceptors (Lipinski definition) is 5. The topological polar surface area (TPSA) is 83.3 Å². The lowest BCUT2D eigenvalue weighted by atomic mass is 10.2. The van der Waals surface area contributed by atoms with Gasteiger partial charge in [-0.3, -0.25) is 4.79 Å². The summed E-state index contributed by atoms with van der Waals surface area (Å²) < 4.78 is 38.1. The van der Waals surface area contributed by atoms with Crippen molar-refractivity contribution in [1.82, 2.24) is 9.88 Å². The maximum atomic E-state index is 12.7. The second-order valence-electron chi connectivity index (χ2n) is 4.37. The molecule has 1 aromatic heterocycles. The minimum atomic E-state index is -4.53. The molecule has 0 saturated carbocycles. The minimum absolute atomic E-state index is 0.0875. The van der Waals surface area contributed by atoms with E-state index >= 15 is 0 Å². The number of nitrogen functional groups attached to an aromatic ring is 1. The Bertz CT molecular complexity index is 489. The van der Waals surface area contributed by atoms with Crippen LogP contribution in [0.2, 0.25) is 0 Å². The van der Waals surface area contributed by atoms with Gasteiger partial charge in [0.2, 0.25) is 5.91 Å². The Balaban J connectivity index is 3.03. The Kier molecular flexibility index (Phi) is 4.77. The molecule has 112 valence electrons. The van der Waals surface area contributed by atoms with Gasteiger partial charge in [-0.15, -0.1) is 0 Å². The molecular weight excluding hydrogens is 275 g/mol. The number of rotatable bonds is 4. The largest absolute Gasteiger partial charge is 0.416 e. The van der Waals surface area contributed by atoms with E-state index in [-0.39, 0.29) is 17.5 Å². The van der Waals surface area contributed by atoms with E-state index in [9.17, 15) is 18.0 Å². The molecule has 4 N–H and O–H groups in total. The highest BCUT2D eigenvalue weighted by Crippen LogP contribution is 2.32. The van der Waals surface area contributed by atoms with Crippen LogP contribution in [0.5, 0.6) is 0 Å². The molecule has 6 nitrogen and oxygen atoms in total. The number of halogens is 3. The van der Waals surface area contributed by atoms with Gasteiger partial charge in [0, 0.05) is 14.1 Å². The van der Waals surface area contributed by atoms with Gasteiger partial charge >= 0.3 is 6.18 Å². The van der Waals surface area contributed by atoms with Crippen molar-refractivity contribution in [3.63, 3.8) is 0 Å². The summed E-state index contributed by atoms with van der Waals surface area (Å²) in [6.07, 6.45) is -4.53. The normalized spacial score (nSPS) is 12.8. The van der Waals surface area contributed by atoms with Crippen LogP contribution in [0.25, 0.3) is 0 Å². The average Bonchev–Trinajstić information content (AvgIpc) is 2.36. The van der Waals surface area contributed by atoms with E-state index in [2.05, 4.69) is 15.7 Å². The molecule has 0 aromatic carbocycles. The van der Waals surface area contributed by atoms with E-state index in [1.54, 1.807) is 14.1 Å². The van der Waals surface area contributed by atoms with E-state index in [1.165, 1.54) is 11.8 Å². The van der Waals surface area contributed by atoms with Crippen LogP contribution in [-0.2, 0) is 11.0 Å². The summed E-state index contributed by atoms with van der Waals surface area (Å²) in [6, 6.07) is 0.885. The first-order valence-corrected chi connectivity index (χ1v) is 5.68. The Morgan fingerprint density at radius 1 is 1.35 bits per heavy atom. The number of hydrazine groups is 1. The molecule has 20 heavy (non-hydrogen) atoms. The van der Waals surface area contributed by atoms with Gasteiger partial charge < -0.3 is 15.6 Å². The third-order valence-electron chi connectivity index (χ3n) is 2.48. The van der Waals surface area contributed by atoms with Gasteiger partial charge in [-0.2, -0.15) is 13.2 Å². The second-order valence-corrected chi connectivity index (χ2v) is 4.37. The monoisotopic (exact) mass is 291 g/mol. The zero-order valence-electron chi connectivity index (χ0n) is 11.2. The van der Waals surface area contributed by atoms with Crippen molar-refractivity contribution in [2.75, 3.05) is 24.8 Å². The van der Waals surface area contributed by atoms with Crippen LogP contribution in [0.1, 0.15) is 12.5 Å². The van der Waals surface area contributed by atoms with Crippen molar-refractivity contribution < 1.29 is 18.0 Å². The molecule has 9 heteroatoms. The third-order valence-corrected chi connectivity index (χ3v) is 2.48. The highest BCUT2D eigenvalue weighted by molar-refractivity contribution is 5.83. The molecule has 0 spiro atoms. The zero-order chi connectivity index (χ0) is 15.5. The lowest BCUT2D eigenvalue weighted by Crippen LogP contribution is -2.37. The van der Waals surface area contributed by atoms with Crippen LogP contribution in [0.4, 0.5) is 24.8 Å². The number of nitrogens with zero attached hydrogens (tertiary/aromatic N) is 2. The average molecular weight is 291 g/mol. The molecule has 1 heterocycles. The zero-order valence-corrected chi connectivity index (χ0v) is 11.2. The highest BCUT2D eigenvalue weighted by atomic mass is 19.4. The first-order chi connectivity index (χ1) is 9.15. The number of nitrogens with one attached hydrogen (secondary N) is 2. The Labute approximate surface area is 114 Å². The van der Waals surface area contributed by atoms with Crippen molar-refractivity contribution in [2.45, 2.75) is 19.1 Å². The molecule has 1 amide bonds. The smallest absolute Gasteiger partial charge is 0.359 e. The van der Waals surface area contributed by atoms with Crippen LogP contribution in [0.15, 0.2) is 12.1 Å². The number of nitrogens with two attached hydrogens (primary N) is 1. The number of pyridine rings is 1. The van der Waals surface area contributed by atoms with Gasteiger partial charge in [0.25, 0.3) is 0 Å². The van der Waals surface area contributed by atoms with Crippen molar-refractivity contribution in [2.24, 2.45) is 5.84 Å². The number of alkyl halides is 3. The molecule has 0 aliphatic heterocycles. The Morgan fingerprint density at radius 3 is 2.35 bits per heavy atom. The Morgan fingerprint density at radius 2 is 1.90 bits per heavy atom. The van der Waals surface area contributed by atoms with E-state index in [1.807, 2.05) is 0 Å². The fourth-order valence-corrected chi connectivity index (χ4v) is 1.51. The molecule has 0 aliphatic rings. The van der Waals surface area contributed by atoms with Crippen molar-refractivity contribution in [3.8, 4) is 0 Å². The first-order valence-electron chi connectivity index (χ1n) is 5.68. The van der Waals surface area contributed by atoms with E-state index in [0.717, 1.165) is 12.1 Å². The molecule has 0 bridgehead atoms. The molecule has 0 radical (unpaired) electrons. The SMILES string of the molecule is CC(Nc1cc(C(F)(F)F)cc(NN)n1)C(=O)N(C)C. The maximum Gasteiger partial charge on any atom is 0.416 e. The number of amides is 1. The van der Waals surface area contributed by atoms with Gasteiger partial charge in [0.15, 0.2) is 0 Å². The fourth-order valence-electron chi connectivity index (χ4n) is 1.51. The summed E-state index contributed by atoms with van der Waals surface area (Å²) in [6.45, 7) is 1.53. The third kappa shape index (κ3) is 3.98. The summed E-state index contributed by atoms with van der Waals surface area (Å²) in [5.74, 6) is 4.57. The molecule has 1 rings (SSSR count). The van der Waals surface area contributed by atoms with Crippen molar-refractivity contribution in [1.29, 1.82) is 0 Å². The van der Waals surface area contributed by atoms with Crippen LogP contribution < -0.4 is 16.6 Å². The van der Waals surface area contributed by atoms with Gasteiger partial charge in [0.05, 0.1) is 5.56 Å². The molecule has 0 saturated heterocycles. The maximum absolute atomic E-state index is 12.7. The summed E-state index contributed by atoms with van der Waals surface area (Å²) >= 11 is 0. The number of anilines is 2. The lowest BCUT2D eigenvalue weighted by molar-refractivity contribution is -0.137. The van der Waals surface area contributed by atoms with Crippen molar-refractivity contribution >= 4 is 17.5 Å². The molecule has 0 aliphatic carbocycles. The molecular formula is C11H16F3N5O. The van der Waals surface area contributed by atoms with Crippen LogP contribution in [0, 0.1) is 0 Å². The predicted molar refractivity (Wildman–Crippen MR) is 68.8 cm³/mol. The summed E-state index contributed by atoms with van der Waals surface area (Å²) in [5, 5.41) is 2.61. The number of carbonyl (C=O) groups is 1.